The first-order valence-electron chi connectivity index (χ1n) is 6.97. The van der Waals surface area contributed by atoms with E-state index >= 15 is 0 Å². The minimum Gasteiger partial charge on any atom is -0.494 e. The quantitative estimate of drug-likeness (QED) is 0.712. The molecular formula is C16H19N3O. The third-order valence-electron chi connectivity index (χ3n) is 3.56. The molecule has 104 valence electrons. The van der Waals surface area contributed by atoms with Gasteiger partial charge in [0.2, 0.25) is 0 Å². The van der Waals surface area contributed by atoms with Gasteiger partial charge >= 0.3 is 0 Å². The van der Waals surface area contributed by atoms with E-state index in [9.17, 15) is 0 Å². The summed E-state index contributed by atoms with van der Waals surface area (Å²) in [4.78, 5) is 4.25. The van der Waals surface area contributed by atoms with Gasteiger partial charge in [-0.3, -0.25) is 0 Å². The van der Waals surface area contributed by atoms with Gasteiger partial charge in [-0.05, 0) is 38.1 Å². The number of hydrogen-bond acceptors (Lipinski definition) is 2. The van der Waals surface area contributed by atoms with E-state index in [4.69, 9.17) is 4.74 Å². The second kappa shape index (κ2) is 5.41. The molecule has 0 amide bonds. The summed E-state index contributed by atoms with van der Waals surface area (Å²) >= 11 is 0. The van der Waals surface area contributed by atoms with E-state index in [-0.39, 0.29) is 0 Å². The Kier molecular flexibility index (Phi) is 3.46. The molecule has 0 spiro atoms. The smallest absolute Gasteiger partial charge is 0.120 e. The van der Waals surface area contributed by atoms with Crippen molar-refractivity contribution in [3.8, 4) is 5.75 Å². The zero-order valence-electron chi connectivity index (χ0n) is 11.9. The molecule has 0 atom stereocenters. The molecule has 2 aromatic heterocycles. The summed E-state index contributed by atoms with van der Waals surface area (Å²) in [7, 11) is 0. The van der Waals surface area contributed by atoms with E-state index < -0.39 is 0 Å². The van der Waals surface area contributed by atoms with E-state index in [0.29, 0.717) is 6.61 Å². The van der Waals surface area contributed by atoms with E-state index in [1.54, 1.807) is 0 Å². The molecule has 3 rings (SSSR count). The van der Waals surface area contributed by atoms with Crippen molar-refractivity contribution in [2.75, 3.05) is 6.61 Å². The summed E-state index contributed by atoms with van der Waals surface area (Å²) in [6.07, 6.45) is 6.00. The lowest BCUT2D eigenvalue weighted by molar-refractivity contribution is 0.340. The van der Waals surface area contributed by atoms with Crippen LogP contribution in [0.15, 0.2) is 42.9 Å². The fourth-order valence-electron chi connectivity index (χ4n) is 2.49. The average Bonchev–Trinajstić information content (AvgIpc) is 3.03. The van der Waals surface area contributed by atoms with E-state index in [1.165, 1.54) is 10.9 Å². The normalized spacial score (nSPS) is 11.1. The van der Waals surface area contributed by atoms with Gasteiger partial charge < -0.3 is 13.9 Å². The summed E-state index contributed by atoms with van der Waals surface area (Å²) in [5.41, 5.74) is 1.24. The first kappa shape index (κ1) is 12.8. The Balaban J connectivity index is 1.80. The van der Waals surface area contributed by atoms with Crippen LogP contribution in [0.5, 0.6) is 5.75 Å². The summed E-state index contributed by atoms with van der Waals surface area (Å²) in [5.74, 6) is 1.99. The molecule has 0 saturated carbocycles. The third-order valence-corrected chi connectivity index (χ3v) is 3.56. The lowest BCUT2D eigenvalue weighted by atomic mass is 10.2. The van der Waals surface area contributed by atoms with Crippen LogP contribution in [0.1, 0.15) is 12.7 Å². The van der Waals surface area contributed by atoms with Crippen molar-refractivity contribution < 1.29 is 4.74 Å². The standard InChI is InChI=1S/C16H19N3O/c1-3-20-15-4-5-16-14(12-15)6-8-19(16)11-10-18-9-7-17-13(18)2/h4-9,12H,3,10-11H2,1-2H3. The number of aryl methyl sites for hydroxylation is 3. The number of fused-ring (bicyclic) bond motifs is 1. The minimum absolute atomic E-state index is 0.701. The number of imidazole rings is 1. The van der Waals surface area contributed by atoms with Crippen LogP contribution < -0.4 is 4.74 Å². The Morgan fingerprint density at radius 3 is 2.70 bits per heavy atom. The van der Waals surface area contributed by atoms with Gasteiger partial charge in [0, 0.05) is 42.6 Å². The summed E-state index contributed by atoms with van der Waals surface area (Å²) in [6, 6.07) is 8.39. The molecule has 20 heavy (non-hydrogen) atoms. The number of aromatic nitrogens is 3. The molecule has 0 unspecified atom stereocenters. The van der Waals surface area contributed by atoms with Crippen LogP contribution in [0.4, 0.5) is 0 Å². The maximum atomic E-state index is 5.54. The van der Waals surface area contributed by atoms with Gasteiger partial charge in [0.15, 0.2) is 0 Å². The number of hydrogen-bond donors (Lipinski definition) is 0. The van der Waals surface area contributed by atoms with E-state index in [1.807, 2.05) is 32.3 Å². The molecule has 0 bridgehead atoms. The van der Waals surface area contributed by atoms with Gasteiger partial charge in [0.1, 0.15) is 11.6 Å². The fourth-order valence-corrected chi connectivity index (χ4v) is 2.49. The highest BCUT2D eigenvalue weighted by Crippen LogP contribution is 2.22. The second-order valence-electron chi connectivity index (χ2n) is 4.83. The van der Waals surface area contributed by atoms with Crippen LogP contribution in [-0.2, 0) is 13.1 Å². The van der Waals surface area contributed by atoms with E-state index in [0.717, 1.165) is 24.7 Å². The van der Waals surface area contributed by atoms with Crippen molar-refractivity contribution in [2.24, 2.45) is 0 Å². The highest BCUT2D eigenvalue weighted by Gasteiger charge is 2.03. The Bertz CT molecular complexity index is 711. The highest BCUT2D eigenvalue weighted by molar-refractivity contribution is 5.81. The fraction of sp³-hybridized carbons (Fsp3) is 0.312. The molecule has 0 aliphatic heterocycles. The summed E-state index contributed by atoms with van der Waals surface area (Å²) in [6.45, 7) is 6.61. The van der Waals surface area contributed by atoms with Gasteiger partial charge in [-0.1, -0.05) is 0 Å². The largest absolute Gasteiger partial charge is 0.494 e. The van der Waals surface area contributed by atoms with Crippen molar-refractivity contribution in [1.29, 1.82) is 0 Å². The topological polar surface area (TPSA) is 32.0 Å². The summed E-state index contributed by atoms with van der Waals surface area (Å²) < 4.78 is 9.97. The molecular weight excluding hydrogens is 250 g/mol. The van der Waals surface area contributed by atoms with Crippen molar-refractivity contribution in [1.82, 2.24) is 14.1 Å². The Morgan fingerprint density at radius 2 is 1.95 bits per heavy atom. The number of ether oxygens (including phenoxy) is 1. The minimum atomic E-state index is 0.701. The van der Waals surface area contributed by atoms with E-state index in [2.05, 4.69) is 38.5 Å². The third kappa shape index (κ3) is 2.41. The van der Waals surface area contributed by atoms with Gasteiger partial charge in [0.25, 0.3) is 0 Å². The molecule has 0 aliphatic rings. The molecule has 0 N–H and O–H groups in total. The van der Waals surface area contributed by atoms with Crippen LogP contribution in [0.3, 0.4) is 0 Å². The predicted octanol–water partition coefficient (Wildman–Crippen LogP) is 3.25. The van der Waals surface area contributed by atoms with Gasteiger partial charge in [-0.25, -0.2) is 4.98 Å². The number of rotatable bonds is 5. The zero-order valence-corrected chi connectivity index (χ0v) is 11.9. The zero-order chi connectivity index (χ0) is 13.9. The van der Waals surface area contributed by atoms with Gasteiger partial charge in [0.05, 0.1) is 6.61 Å². The Hall–Kier alpha value is -2.23. The molecule has 0 radical (unpaired) electrons. The number of nitrogens with zero attached hydrogens (tertiary/aromatic N) is 3. The van der Waals surface area contributed by atoms with Crippen LogP contribution in [0.25, 0.3) is 10.9 Å². The van der Waals surface area contributed by atoms with Crippen LogP contribution in [-0.4, -0.2) is 20.7 Å². The first-order chi connectivity index (χ1) is 9.78. The maximum absolute atomic E-state index is 5.54. The molecule has 2 heterocycles. The Labute approximate surface area is 118 Å². The average molecular weight is 269 g/mol. The lowest BCUT2D eigenvalue weighted by Crippen LogP contribution is -2.07. The van der Waals surface area contributed by atoms with Crippen LogP contribution >= 0.6 is 0 Å². The first-order valence-corrected chi connectivity index (χ1v) is 6.97. The van der Waals surface area contributed by atoms with Gasteiger partial charge in [-0.15, -0.1) is 0 Å². The van der Waals surface area contributed by atoms with Gasteiger partial charge in [-0.2, -0.15) is 0 Å². The van der Waals surface area contributed by atoms with Crippen molar-refractivity contribution >= 4 is 10.9 Å². The SMILES string of the molecule is CCOc1ccc2c(ccn2CCn2ccnc2C)c1. The molecule has 0 saturated heterocycles. The van der Waals surface area contributed by atoms with Crippen molar-refractivity contribution in [2.45, 2.75) is 26.9 Å². The monoisotopic (exact) mass is 269 g/mol. The lowest BCUT2D eigenvalue weighted by Gasteiger charge is -2.08. The van der Waals surface area contributed by atoms with Crippen molar-refractivity contribution in [3.05, 3.63) is 48.7 Å². The molecule has 0 fully saturated rings. The molecule has 1 aromatic carbocycles. The van der Waals surface area contributed by atoms with Crippen LogP contribution in [0.2, 0.25) is 0 Å². The molecule has 4 nitrogen and oxygen atoms in total. The molecule has 4 heteroatoms. The summed E-state index contributed by atoms with van der Waals surface area (Å²) in [5, 5.41) is 1.22. The second-order valence-corrected chi connectivity index (χ2v) is 4.83. The molecule has 3 aromatic rings. The van der Waals surface area contributed by atoms with Crippen LogP contribution in [0, 0.1) is 6.92 Å². The molecule has 0 aliphatic carbocycles. The maximum Gasteiger partial charge on any atom is 0.120 e. The number of benzene rings is 1. The van der Waals surface area contributed by atoms with Crippen molar-refractivity contribution in [3.63, 3.8) is 0 Å². The predicted molar refractivity (Wildman–Crippen MR) is 80.1 cm³/mol. The Morgan fingerprint density at radius 1 is 1.10 bits per heavy atom. The highest BCUT2D eigenvalue weighted by atomic mass is 16.5.